The molecule has 0 aliphatic carbocycles. The molecule has 1 aliphatic heterocycles. The highest BCUT2D eigenvalue weighted by Crippen LogP contribution is 2.36. The first kappa shape index (κ1) is 20.8. The largest absolute Gasteiger partial charge is 0.463 e. The minimum absolute atomic E-state index is 0.108. The topological polar surface area (TPSA) is 130 Å². The van der Waals surface area contributed by atoms with Gasteiger partial charge in [-0.2, -0.15) is 9.78 Å². The maximum absolute atomic E-state index is 12.1. The summed E-state index contributed by atoms with van der Waals surface area (Å²) < 4.78 is 17.0. The quantitative estimate of drug-likeness (QED) is 0.446. The normalized spacial score (nSPS) is 25.1. The number of nitrogens with one attached hydrogen (secondary N) is 1. The molecule has 1 fully saturated rings. The van der Waals surface area contributed by atoms with E-state index in [2.05, 4.69) is 41.9 Å². The van der Waals surface area contributed by atoms with Crippen molar-refractivity contribution in [2.45, 2.75) is 50.0 Å². The fourth-order valence-electron chi connectivity index (χ4n) is 2.24. The monoisotopic (exact) mass is 497 g/mol. The first-order valence-corrected chi connectivity index (χ1v) is 9.52. The van der Waals surface area contributed by atoms with Crippen LogP contribution in [0.3, 0.4) is 0 Å². The number of aromatic amines is 1. The van der Waals surface area contributed by atoms with Gasteiger partial charge < -0.3 is 14.2 Å². The van der Waals surface area contributed by atoms with E-state index in [1.54, 1.807) is 13.8 Å². The van der Waals surface area contributed by atoms with E-state index in [0.29, 0.717) is 0 Å². The Hall–Kier alpha value is -1.53. The first-order valence-electron chi connectivity index (χ1n) is 7.81. The van der Waals surface area contributed by atoms with Crippen molar-refractivity contribution in [2.24, 2.45) is 0 Å². The molecule has 1 aliphatic rings. The lowest BCUT2D eigenvalue weighted by Crippen LogP contribution is -2.39. The van der Waals surface area contributed by atoms with Crippen LogP contribution < -0.4 is 11.2 Å². The summed E-state index contributed by atoms with van der Waals surface area (Å²) in [5.74, 6) is -0.913. The summed E-state index contributed by atoms with van der Waals surface area (Å²) >= 11 is 6.31. The fraction of sp³-hybridized carbons (Fsp3) is 0.643. The lowest BCUT2D eigenvalue weighted by atomic mass is 10.2. The number of hydrogen-bond acceptors (Lipinski definition) is 8. The summed E-state index contributed by atoms with van der Waals surface area (Å²) in [6.07, 6.45) is -2.30. The number of rotatable bonds is 6. The predicted octanol–water partition coefficient (Wildman–Crippen LogP) is 0.630. The van der Waals surface area contributed by atoms with Crippen molar-refractivity contribution in [3.8, 4) is 0 Å². The molecule has 1 aromatic heterocycles. The van der Waals surface area contributed by atoms with Crippen molar-refractivity contribution in [1.82, 2.24) is 14.8 Å². The van der Waals surface area contributed by atoms with Crippen molar-refractivity contribution >= 4 is 43.8 Å². The molecular weight excluding hydrogens is 482 g/mol. The molecule has 2 heterocycles. The third-order valence-electron chi connectivity index (χ3n) is 3.57. The zero-order valence-corrected chi connectivity index (χ0v) is 17.1. The molecule has 12 heteroatoms. The van der Waals surface area contributed by atoms with Gasteiger partial charge in [0, 0.05) is 12.8 Å². The second-order valence-corrected chi connectivity index (χ2v) is 7.16. The van der Waals surface area contributed by atoms with Gasteiger partial charge in [0.1, 0.15) is 23.6 Å². The molecule has 0 unspecified atom stereocenters. The molecule has 4 atom stereocenters. The van der Waals surface area contributed by atoms with E-state index in [1.807, 2.05) is 0 Å². The standard InChI is InChI=1S/C14H17Br2N3O7/c1-3-7(20)24-5-6-10(26-8(21)4-2)9(15)13(25-6)19-14(23)17-12(22)11(16)18-19/h6,9-10,13H,3-5H2,1-2H3,(H,17,22,23)/t6-,9+,10-,13-/m1/s1. The highest BCUT2D eigenvalue weighted by atomic mass is 79.9. The van der Waals surface area contributed by atoms with Gasteiger partial charge >= 0.3 is 17.6 Å². The number of H-pyrrole nitrogens is 1. The molecule has 0 spiro atoms. The molecule has 1 saturated heterocycles. The van der Waals surface area contributed by atoms with Crippen LogP contribution in [0.4, 0.5) is 0 Å². The molecule has 0 amide bonds. The first-order chi connectivity index (χ1) is 12.3. The van der Waals surface area contributed by atoms with Crippen LogP contribution in [0.2, 0.25) is 0 Å². The molecule has 0 radical (unpaired) electrons. The molecule has 26 heavy (non-hydrogen) atoms. The van der Waals surface area contributed by atoms with Crippen molar-refractivity contribution in [3.05, 3.63) is 25.4 Å². The minimum atomic E-state index is -0.990. The lowest BCUT2D eigenvalue weighted by molar-refractivity contribution is -0.158. The Morgan fingerprint density at radius 3 is 2.54 bits per heavy atom. The third-order valence-corrected chi connectivity index (χ3v) is 5.06. The maximum atomic E-state index is 12.1. The van der Waals surface area contributed by atoms with Crippen molar-refractivity contribution in [3.63, 3.8) is 0 Å². The zero-order chi connectivity index (χ0) is 19.4. The Morgan fingerprint density at radius 1 is 1.27 bits per heavy atom. The highest BCUT2D eigenvalue weighted by Gasteiger charge is 2.48. The third kappa shape index (κ3) is 4.60. The molecule has 10 nitrogen and oxygen atoms in total. The van der Waals surface area contributed by atoms with Crippen LogP contribution in [-0.4, -0.2) is 50.3 Å². The SMILES string of the molecule is CCC(=O)OC[C@H]1O[C@@H](n2nc(Br)c(=O)[nH]c2=O)[C@@H](Br)[C@@H]1OC(=O)CC. The molecule has 0 saturated carbocycles. The van der Waals surface area contributed by atoms with Crippen molar-refractivity contribution in [1.29, 1.82) is 0 Å². The average molecular weight is 499 g/mol. The Labute approximate surface area is 164 Å². The Bertz CT molecular complexity index is 793. The van der Waals surface area contributed by atoms with Crippen LogP contribution in [0.5, 0.6) is 0 Å². The number of alkyl halides is 1. The number of aromatic nitrogens is 3. The fourth-order valence-corrected chi connectivity index (χ4v) is 3.31. The van der Waals surface area contributed by atoms with Crippen molar-refractivity contribution in [2.75, 3.05) is 6.61 Å². The van der Waals surface area contributed by atoms with Gasteiger partial charge in [0.05, 0.1) is 0 Å². The second-order valence-electron chi connectivity index (χ2n) is 5.35. The van der Waals surface area contributed by atoms with E-state index in [-0.39, 0.29) is 24.1 Å². The van der Waals surface area contributed by atoms with Crippen LogP contribution >= 0.6 is 31.9 Å². The van der Waals surface area contributed by atoms with Gasteiger partial charge in [-0.25, -0.2) is 4.79 Å². The van der Waals surface area contributed by atoms with Crippen LogP contribution in [0.15, 0.2) is 14.2 Å². The number of ether oxygens (including phenoxy) is 3. The molecule has 2 rings (SSSR count). The minimum Gasteiger partial charge on any atom is -0.463 e. The van der Waals surface area contributed by atoms with E-state index >= 15 is 0 Å². The number of esters is 2. The number of carbonyl (C=O) groups is 2. The summed E-state index contributed by atoms with van der Waals surface area (Å²) in [5, 5.41) is 3.86. The van der Waals surface area contributed by atoms with E-state index in [4.69, 9.17) is 14.2 Å². The summed E-state index contributed by atoms with van der Waals surface area (Å²) in [6, 6.07) is 0. The van der Waals surface area contributed by atoms with Gasteiger partial charge in [-0.15, -0.1) is 0 Å². The van der Waals surface area contributed by atoms with E-state index in [1.165, 1.54) is 0 Å². The lowest BCUT2D eigenvalue weighted by Gasteiger charge is -2.20. The summed E-state index contributed by atoms with van der Waals surface area (Å²) in [5.41, 5.74) is -1.47. The highest BCUT2D eigenvalue weighted by molar-refractivity contribution is 9.10. The number of nitrogens with zero attached hydrogens (tertiary/aromatic N) is 2. The van der Waals surface area contributed by atoms with Crippen LogP contribution in [0, 0.1) is 0 Å². The van der Waals surface area contributed by atoms with Gasteiger partial charge in [-0.05, 0) is 15.9 Å². The Kier molecular flexibility index (Phi) is 7.12. The number of carbonyl (C=O) groups excluding carboxylic acids is 2. The van der Waals surface area contributed by atoms with E-state index in [9.17, 15) is 19.2 Å². The van der Waals surface area contributed by atoms with Gasteiger partial charge in [0.2, 0.25) is 0 Å². The summed E-state index contributed by atoms with van der Waals surface area (Å²) in [6.45, 7) is 3.12. The number of halogens is 2. The summed E-state index contributed by atoms with van der Waals surface area (Å²) in [4.78, 5) is 48.1. The smallest absolute Gasteiger partial charge is 0.347 e. The van der Waals surface area contributed by atoms with Crippen LogP contribution in [0.25, 0.3) is 0 Å². The van der Waals surface area contributed by atoms with Crippen molar-refractivity contribution < 1.29 is 23.8 Å². The molecule has 1 aromatic rings. The van der Waals surface area contributed by atoms with E-state index < -0.39 is 46.5 Å². The van der Waals surface area contributed by atoms with Gasteiger partial charge in [-0.3, -0.25) is 19.4 Å². The molecule has 0 aromatic carbocycles. The van der Waals surface area contributed by atoms with Crippen LogP contribution in [0.1, 0.15) is 32.9 Å². The van der Waals surface area contributed by atoms with Gasteiger partial charge in [-0.1, -0.05) is 29.8 Å². The Morgan fingerprint density at radius 2 is 1.92 bits per heavy atom. The molecule has 1 N–H and O–H groups in total. The van der Waals surface area contributed by atoms with Crippen LogP contribution in [-0.2, 0) is 23.8 Å². The molecular formula is C14H17Br2N3O7. The molecule has 144 valence electrons. The zero-order valence-electron chi connectivity index (χ0n) is 13.9. The second kappa shape index (κ2) is 8.91. The Balaban J connectivity index is 2.30. The number of hydrogen-bond donors (Lipinski definition) is 1. The van der Waals surface area contributed by atoms with Gasteiger partial charge in [0.25, 0.3) is 5.56 Å². The summed E-state index contributed by atoms with van der Waals surface area (Å²) in [7, 11) is 0. The van der Waals surface area contributed by atoms with Gasteiger partial charge in [0.15, 0.2) is 10.8 Å². The maximum Gasteiger partial charge on any atom is 0.347 e. The predicted molar refractivity (Wildman–Crippen MR) is 94.9 cm³/mol. The molecule has 0 bridgehead atoms. The van der Waals surface area contributed by atoms with E-state index in [0.717, 1.165) is 4.68 Å². The average Bonchev–Trinajstić information content (AvgIpc) is 2.91.